The molecular weight excluding hydrogens is 230 g/mol. The summed E-state index contributed by atoms with van der Waals surface area (Å²) in [5.41, 5.74) is 0.839. The Balaban J connectivity index is 2.17. The summed E-state index contributed by atoms with van der Waals surface area (Å²) in [6, 6.07) is 9.91. The second kappa shape index (κ2) is 5.23. The summed E-state index contributed by atoms with van der Waals surface area (Å²) >= 11 is 0. The minimum Gasteiger partial charge on any atom is -0.480 e. The summed E-state index contributed by atoms with van der Waals surface area (Å²) in [5, 5.41) is 9.93. The molecule has 2 rings (SSSR count). The van der Waals surface area contributed by atoms with E-state index in [4.69, 9.17) is 9.52 Å². The summed E-state index contributed by atoms with van der Waals surface area (Å²) < 4.78 is 5.70. The number of hydrogen-bond donors (Lipinski definition) is 1. The summed E-state index contributed by atoms with van der Waals surface area (Å²) in [6.45, 7) is 4.49. The Labute approximate surface area is 106 Å². The highest BCUT2D eigenvalue weighted by molar-refractivity contribution is 5.77. The van der Waals surface area contributed by atoms with Gasteiger partial charge in [-0.05, 0) is 26.0 Å². The quantitative estimate of drug-likeness (QED) is 0.882. The third-order valence-corrected chi connectivity index (χ3v) is 2.90. The van der Waals surface area contributed by atoms with Crippen LogP contribution in [0.2, 0.25) is 0 Å². The maximum atomic E-state index is 10.8. The van der Waals surface area contributed by atoms with E-state index in [1.807, 2.05) is 49.1 Å². The maximum absolute atomic E-state index is 10.8. The van der Waals surface area contributed by atoms with E-state index in [-0.39, 0.29) is 12.6 Å². The Hall–Kier alpha value is -1.81. The topological polar surface area (TPSA) is 53.7 Å². The molecule has 18 heavy (non-hydrogen) atoms. The van der Waals surface area contributed by atoms with E-state index in [0.29, 0.717) is 6.54 Å². The molecule has 96 valence electrons. The predicted octanol–water partition coefficient (Wildman–Crippen LogP) is 2.73. The standard InChI is InChI=1S/C14H17NO3/c1-10(2)15(9-14(16)17)8-12-7-11-5-3-4-6-13(11)18-12/h3-7,10H,8-9H2,1-2H3,(H,16,17). The first-order valence-electron chi connectivity index (χ1n) is 5.99. The SMILES string of the molecule is CC(C)N(CC(=O)O)Cc1cc2ccccc2o1. The van der Waals surface area contributed by atoms with Crippen LogP contribution in [0, 0.1) is 0 Å². The maximum Gasteiger partial charge on any atom is 0.317 e. The molecule has 0 aliphatic rings. The first-order valence-corrected chi connectivity index (χ1v) is 5.99. The lowest BCUT2D eigenvalue weighted by molar-refractivity contribution is -0.139. The molecule has 1 aromatic heterocycles. The lowest BCUT2D eigenvalue weighted by Crippen LogP contribution is -2.34. The monoisotopic (exact) mass is 247 g/mol. The van der Waals surface area contributed by atoms with Gasteiger partial charge in [-0.3, -0.25) is 9.69 Å². The van der Waals surface area contributed by atoms with Gasteiger partial charge in [0.25, 0.3) is 0 Å². The molecule has 0 unspecified atom stereocenters. The van der Waals surface area contributed by atoms with E-state index in [1.165, 1.54) is 0 Å². The number of carboxylic acid groups (broad SMARTS) is 1. The van der Waals surface area contributed by atoms with Crippen LogP contribution in [0.15, 0.2) is 34.7 Å². The molecule has 1 aromatic carbocycles. The van der Waals surface area contributed by atoms with Crippen LogP contribution < -0.4 is 0 Å². The second-order valence-electron chi connectivity index (χ2n) is 4.64. The lowest BCUT2D eigenvalue weighted by Gasteiger charge is -2.23. The third-order valence-electron chi connectivity index (χ3n) is 2.90. The molecule has 4 heteroatoms. The van der Waals surface area contributed by atoms with Crippen LogP contribution in [-0.4, -0.2) is 28.6 Å². The minimum absolute atomic E-state index is 0.0225. The largest absolute Gasteiger partial charge is 0.480 e. The number of hydrogen-bond acceptors (Lipinski definition) is 3. The number of furan rings is 1. The van der Waals surface area contributed by atoms with Crippen molar-refractivity contribution < 1.29 is 14.3 Å². The van der Waals surface area contributed by atoms with Gasteiger partial charge in [-0.15, -0.1) is 0 Å². The smallest absolute Gasteiger partial charge is 0.317 e. The molecule has 1 heterocycles. The first kappa shape index (κ1) is 12.6. The zero-order chi connectivity index (χ0) is 13.1. The van der Waals surface area contributed by atoms with E-state index >= 15 is 0 Å². The van der Waals surface area contributed by atoms with E-state index in [0.717, 1.165) is 16.7 Å². The van der Waals surface area contributed by atoms with Crippen molar-refractivity contribution in [2.24, 2.45) is 0 Å². The van der Waals surface area contributed by atoms with Crippen molar-refractivity contribution >= 4 is 16.9 Å². The predicted molar refractivity (Wildman–Crippen MR) is 69.4 cm³/mol. The molecule has 0 saturated carbocycles. The summed E-state index contributed by atoms with van der Waals surface area (Å²) in [6.07, 6.45) is 0. The Morgan fingerprint density at radius 2 is 2.11 bits per heavy atom. The molecule has 0 spiro atoms. The number of rotatable bonds is 5. The molecule has 0 saturated heterocycles. The van der Waals surface area contributed by atoms with E-state index in [1.54, 1.807) is 0 Å². The molecule has 4 nitrogen and oxygen atoms in total. The molecule has 1 N–H and O–H groups in total. The number of nitrogens with zero attached hydrogens (tertiary/aromatic N) is 1. The normalized spacial score (nSPS) is 11.6. The third kappa shape index (κ3) is 2.90. The van der Waals surface area contributed by atoms with Crippen LogP contribution in [0.3, 0.4) is 0 Å². The van der Waals surface area contributed by atoms with Crippen LogP contribution in [0.5, 0.6) is 0 Å². The van der Waals surface area contributed by atoms with Gasteiger partial charge in [0.05, 0.1) is 13.1 Å². The summed E-state index contributed by atoms with van der Waals surface area (Å²) in [5.74, 6) is -0.0223. The zero-order valence-corrected chi connectivity index (χ0v) is 10.6. The molecule has 0 aliphatic heterocycles. The molecule has 0 radical (unpaired) electrons. The highest BCUT2D eigenvalue weighted by Gasteiger charge is 2.15. The Kier molecular flexibility index (Phi) is 3.67. The van der Waals surface area contributed by atoms with Crippen LogP contribution >= 0.6 is 0 Å². The molecular formula is C14H17NO3. The van der Waals surface area contributed by atoms with Crippen molar-refractivity contribution in [1.29, 1.82) is 0 Å². The Morgan fingerprint density at radius 3 is 2.72 bits per heavy atom. The second-order valence-corrected chi connectivity index (χ2v) is 4.64. The van der Waals surface area contributed by atoms with Crippen molar-refractivity contribution in [1.82, 2.24) is 4.90 Å². The molecule has 0 fully saturated rings. The van der Waals surface area contributed by atoms with Gasteiger partial charge in [0.15, 0.2) is 0 Å². The number of benzene rings is 1. The van der Waals surface area contributed by atoms with E-state index in [2.05, 4.69) is 0 Å². The highest BCUT2D eigenvalue weighted by atomic mass is 16.4. The van der Waals surface area contributed by atoms with Crippen molar-refractivity contribution in [2.45, 2.75) is 26.4 Å². The van der Waals surface area contributed by atoms with Gasteiger partial charge in [-0.1, -0.05) is 18.2 Å². The number of carbonyl (C=O) groups is 1. The molecule has 0 amide bonds. The van der Waals surface area contributed by atoms with E-state index < -0.39 is 5.97 Å². The Morgan fingerprint density at radius 1 is 1.39 bits per heavy atom. The van der Waals surface area contributed by atoms with Gasteiger partial charge in [-0.25, -0.2) is 0 Å². The molecule has 0 atom stereocenters. The van der Waals surface area contributed by atoms with Crippen molar-refractivity contribution in [3.63, 3.8) is 0 Å². The minimum atomic E-state index is -0.820. The molecule has 0 aliphatic carbocycles. The number of carboxylic acids is 1. The van der Waals surface area contributed by atoms with Crippen LogP contribution in [0.4, 0.5) is 0 Å². The summed E-state index contributed by atoms with van der Waals surface area (Å²) in [4.78, 5) is 12.7. The van der Waals surface area contributed by atoms with Crippen molar-refractivity contribution in [3.8, 4) is 0 Å². The van der Waals surface area contributed by atoms with Gasteiger partial charge < -0.3 is 9.52 Å². The number of para-hydroxylation sites is 1. The van der Waals surface area contributed by atoms with Gasteiger partial charge in [-0.2, -0.15) is 0 Å². The van der Waals surface area contributed by atoms with Crippen LogP contribution in [0.1, 0.15) is 19.6 Å². The van der Waals surface area contributed by atoms with Crippen molar-refractivity contribution in [2.75, 3.05) is 6.54 Å². The summed E-state index contributed by atoms with van der Waals surface area (Å²) in [7, 11) is 0. The average molecular weight is 247 g/mol. The van der Waals surface area contributed by atoms with Gasteiger partial charge in [0, 0.05) is 11.4 Å². The molecule has 2 aromatic rings. The van der Waals surface area contributed by atoms with Gasteiger partial charge in [0.1, 0.15) is 11.3 Å². The fourth-order valence-corrected chi connectivity index (χ4v) is 1.91. The van der Waals surface area contributed by atoms with Gasteiger partial charge in [0.2, 0.25) is 0 Å². The zero-order valence-electron chi connectivity index (χ0n) is 10.6. The number of fused-ring (bicyclic) bond motifs is 1. The van der Waals surface area contributed by atoms with Crippen molar-refractivity contribution in [3.05, 3.63) is 36.1 Å². The highest BCUT2D eigenvalue weighted by Crippen LogP contribution is 2.20. The average Bonchev–Trinajstić information content (AvgIpc) is 2.69. The fraction of sp³-hybridized carbons (Fsp3) is 0.357. The first-order chi connectivity index (χ1) is 8.56. The van der Waals surface area contributed by atoms with Crippen LogP contribution in [-0.2, 0) is 11.3 Å². The number of aliphatic carboxylic acids is 1. The van der Waals surface area contributed by atoms with Gasteiger partial charge >= 0.3 is 5.97 Å². The Bertz CT molecular complexity index is 512. The molecule has 0 bridgehead atoms. The fourth-order valence-electron chi connectivity index (χ4n) is 1.91. The lowest BCUT2D eigenvalue weighted by atomic mass is 10.2. The van der Waals surface area contributed by atoms with E-state index in [9.17, 15) is 4.79 Å². The van der Waals surface area contributed by atoms with Crippen LogP contribution in [0.25, 0.3) is 11.0 Å².